The van der Waals surface area contributed by atoms with Crippen LogP contribution in [0.15, 0.2) is 18.2 Å². The lowest BCUT2D eigenvalue weighted by atomic mass is 10.0. The van der Waals surface area contributed by atoms with Gasteiger partial charge in [-0.1, -0.05) is 13.0 Å². The molecule has 0 saturated heterocycles. The van der Waals surface area contributed by atoms with Gasteiger partial charge >= 0.3 is 0 Å². The van der Waals surface area contributed by atoms with E-state index in [-0.39, 0.29) is 0 Å². The van der Waals surface area contributed by atoms with Crippen LogP contribution in [-0.4, -0.2) is 26.7 Å². The fraction of sp³-hybridized carbons (Fsp3) is 0.600. The number of hydrogen-bond acceptors (Lipinski definition) is 3. The van der Waals surface area contributed by atoms with Gasteiger partial charge in [-0.2, -0.15) is 0 Å². The van der Waals surface area contributed by atoms with Crippen molar-refractivity contribution in [2.75, 3.05) is 25.6 Å². The van der Waals surface area contributed by atoms with Gasteiger partial charge in [0.25, 0.3) is 0 Å². The van der Waals surface area contributed by atoms with Crippen LogP contribution in [0.3, 0.4) is 0 Å². The molecule has 1 aromatic rings. The third-order valence-electron chi connectivity index (χ3n) is 3.68. The fourth-order valence-electron chi connectivity index (χ4n) is 2.52. The van der Waals surface area contributed by atoms with Gasteiger partial charge in [0.05, 0.1) is 7.11 Å². The molecular formula is C15H24N2O. The van der Waals surface area contributed by atoms with E-state index in [2.05, 4.69) is 43.2 Å². The van der Waals surface area contributed by atoms with Crippen LogP contribution in [0.5, 0.6) is 5.75 Å². The summed E-state index contributed by atoms with van der Waals surface area (Å²) in [5.74, 6) is 0.980. The largest absolute Gasteiger partial charge is 0.496 e. The molecule has 0 bridgehead atoms. The molecule has 0 radical (unpaired) electrons. The summed E-state index contributed by atoms with van der Waals surface area (Å²) in [6, 6.07) is 7.35. The molecule has 3 nitrogen and oxygen atoms in total. The second-order valence-corrected chi connectivity index (χ2v) is 5.01. The van der Waals surface area contributed by atoms with Crippen molar-refractivity contribution in [3.63, 3.8) is 0 Å². The molecule has 2 rings (SSSR count). The van der Waals surface area contributed by atoms with Gasteiger partial charge in [-0.3, -0.25) is 0 Å². The molecule has 0 spiro atoms. The molecule has 100 valence electrons. The standard InChI is InChI=1S/C15H24N2O/c1-5-16-11(2)15-13(17(3)12-9-10-12)7-6-8-14(15)18-4/h6-8,11-12,16H,5,9-10H2,1-4H3. The molecule has 0 aliphatic heterocycles. The number of rotatable bonds is 6. The Morgan fingerprint density at radius 1 is 1.44 bits per heavy atom. The number of benzene rings is 1. The highest BCUT2D eigenvalue weighted by Gasteiger charge is 2.29. The number of nitrogens with one attached hydrogen (secondary N) is 1. The molecule has 1 aromatic carbocycles. The molecule has 0 heterocycles. The highest BCUT2D eigenvalue weighted by Crippen LogP contribution is 2.38. The lowest BCUT2D eigenvalue weighted by molar-refractivity contribution is 0.402. The number of methoxy groups -OCH3 is 1. The fourth-order valence-corrected chi connectivity index (χ4v) is 2.52. The van der Waals surface area contributed by atoms with E-state index in [0.717, 1.165) is 12.3 Å². The Balaban J connectivity index is 2.37. The maximum atomic E-state index is 5.54. The van der Waals surface area contributed by atoms with Crippen molar-refractivity contribution in [2.45, 2.75) is 38.8 Å². The zero-order valence-corrected chi connectivity index (χ0v) is 11.9. The van der Waals surface area contributed by atoms with Gasteiger partial charge < -0.3 is 15.0 Å². The molecule has 3 heteroatoms. The number of anilines is 1. The minimum absolute atomic E-state index is 0.308. The van der Waals surface area contributed by atoms with E-state index >= 15 is 0 Å². The van der Waals surface area contributed by atoms with E-state index in [9.17, 15) is 0 Å². The summed E-state index contributed by atoms with van der Waals surface area (Å²) in [6.45, 7) is 5.30. The van der Waals surface area contributed by atoms with Crippen molar-refractivity contribution in [1.29, 1.82) is 0 Å². The molecule has 18 heavy (non-hydrogen) atoms. The maximum Gasteiger partial charge on any atom is 0.125 e. The van der Waals surface area contributed by atoms with Gasteiger partial charge in [-0.25, -0.2) is 0 Å². The number of ether oxygens (including phenoxy) is 1. The van der Waals surface area contributed by atoms with Gasteiger partial charge in [-0.15, -0.1) is 0 Å². The van der Waals surface area contributed by atoms with Crippen LogP contribution in [0, 0.1) is 0 Å². The summed E-state index contributed by atoms with van der Waals surface area (Å²) in [7, 11) is 3.94. The quantitative estimate of drug-likeness (QED) is 0.837. The van der Waals surface area contributed by atoms with Crippen molar-refractivity contribution in [3.8, 4) is 5.75 Å². The average molecular weight is 248 g/mol. The first-order valence-corrected chi connectivity index (χ1v) is 6.82. The van der Waals surface area contributed by atoms with Gasteiger partial charge in [0.2, 0.25) is 0 Å². The van der Waals surface area contributed by atoms with Gasteiger partial charge in [0.1, 0.15) is 5.75 Å². The molecule has 1 atom stereocenters. The SMILES string of the molecule is CCNC(C)c1c(OC)cccc1N(C)C1CC1. The lowest BCUT2D eigenvalue weighted by Gasteiger charge is -2.27. The third-order valence-corrected chi connectivity index (χ3v) is 3.68. The molecular weight excluding hydrogens is 224 g/mol. The summed E-state index contributed by atoms with van der Waals surface area (Å²) in [6.07, 6.45) is 2.62. The van der Waals surface area contributed by atoms with Crippen LogP contribution < -0.4 is 15.0 Å². The van der Waals surface area contributed by atoms with Crippen molar-refractivity contribution < 1.29 is 4.74 Å². The van der Waals surface area contributed by atoms with E-state index < -0.39 is 0 Å². The average Bonchev–Trinajstić information content (AvgIpc) is 3.21. The van der Waals surface area contributed by atoms with E-state index in [1.54, 1.807) is 7.11 Å². The number of nitrogens with zero attached hydrogens (tertiary/aromatic N) is 1. The molecule has 1 fully saturated rings. The summed E-state index contributed by atoms with van der Waals surface area (Å²) in [5, 5.41) is 3.48. The predicted octanol–water partition coefficient (Wildman–Crippen LogP) is 2.96. The Morgan fingerprint density at radius 3 is 2.72 bits per heavy atom. The van der Waals surface area contributed by atoms with Crippen molar-refractivity contribution in [2.24, 2.45) is 0 Å². The molecule has 1 saturated carbocycles. The van der Waals surface area contributed by atoms with Crippen LogP contribution >= 0.6 is 0 Å². The Kier molecular flexibility index (Phi) is 4.12. The van der Waals surface area contributed by atoms with Crippen LogP contribution in [0.2, 0.25) is 0 Å². The van der Waals surface area contributed by atoms with Gasteiger partial charge in [0.15, 0.2) is 0 Å². The van der Waals surface area contributed by atoms with E-state index in [1.165, 1.54) is 24.1 Å². The van der Waals surface area contributed by atoms with Crippen LogP contribution in [0.1, 0.15) is 38.3 Å². The first-order chi connectivity index (χ1) is 8.69. The Hall–Kier alpha value is -1.22. The summed E-state index contributed by atoms with van der Waals surface area (Å²) in [4.78, 5) is 2.39. The molecule has 0 aromatic heterocycles. The zero-order valence-electron chi connectivity index (χ0n) is 11.9. The van der Waals surface area contributed by atoms with Crippen molar-refractivity contribution in [3.05, 3.63) is 23.8 Å². The van der Waals surface area contributed by atoms with Crippen molar-refractivity contribution in [1.82, 2.24) is 5.32 Å². The minimum atomic E-state index is 0.308. The Labute approximate surface area is 110 Å². The van der Waals surface area contributed by atoms with Gasteiger partial charge in [-0.05, 0) is 38.4 Å². The molecule has 1 unspecified atom stereocenters. The molecule has 0 amide bonds. The molecule has 1 aliphatic carbocycles. The topological polar surface area (TPSA) is 24.5 Å². The van der Waals surface area contributed by atoms with E-state index in [0.29, 0.717) is 12.1 Å². The molecule has 1 aliphatic rings. The van der Waals surface area contributed by atoms with Crippen LogP contribution in [-0.2, 0) is 0 Å². The third kappa shape index (κ3) is 2.61. The summed E-state index contributed by atoms with van der Waals surface area (Å²) < 4.78 is 5.54. The second kappa shape index (κ2) is 5.61. The first kappa shape index (κ1) is 13.2. The smallest absolute Gasteiger partial charge is 0.125 e. The molecule has 1 N–H and O–H groups in total. The second-order valence-electron chi connectivity index (χ2n) is 5.01. The van der Waals surface area contributed by atoms with Crippen molar-refractivity contribution >= 4 is 5.69 Å². The number of hydrogen-bond donors (Lipinski definition) is 1. The maximum absolute atomic E-state index is 5.54. The zero-order chi connectivity index (χ0) is 13.1. The van der Waals surface area contributed by atoms with E-state index in [1.807, 2.05) is 6.07 Å². The summed E-state index contributed by atoms with van der Waals surface area (Å²) >= 11 is 0. The Bertz CT molecular complexity index is 401. The highest BCUT2D eigenvalue weighted by molar-refractivity contribution is 5.61. The highest BCUT2D eigenvalue weighted by atomic mass is 16.5. The predicted molar refractivity (Wildman–Crippen MR) is 76.5 cm³/mol. The van der Waals surface area contributed by atoms with Gasteiger partial charge in [0, 0.05) is 30.4 Å². The first-order valence-electron chi connectivity index (χ1n) is 6.82. The Morgan fingerprint density at radius 2 is 2.17 bits per heavy atom. The summed E-state index contributed by atoms with van der Waals surface area (Å²) in [5.41, 5.74) is 2.57. The van der Waals surface area contributed by atoms with Crippen LogP contribution in [0.4, 0.5) is 5.69 Å². The van der Waals surface area contributed by atoms with Crippen LogP contribution in [0.25, 0.3) is 0 Å². The van der Waals surface area contributed by atoms with E-state index in [4.69, 9.17) is 4.74 Å². The monoisotopic (exact) mass is 248 g/mol. The lowest BCUT2D eigenvalue weighted by Crippen LogP contribution is -2.25. The minimum Gasteiger partial charge on any atom is -0.496 e. The normalized spacial score (nSPS) is 16.4.